The Morgan fingerprint density at radius 3 is 2.77 bits per heavy atom. The number of aryl methyl sites for hydroxylation is 1. The van der Waals surface area contributed by atoms with Gasteiger partial charge in [-0.05, 0) is 42.5 Å². The molecule has 0 radical (unpaired) electrons. The molecule has 0 fully saturated rings. The zero-order valence-electron chi connectivity index (χ0n) is 11.8. The average molecular weight is 319 g/mol. The fraction of sp³-hybridized carbons (Fsp3) is 0.312. The Hall–Kier alpha value is -2.14. The second-order valence-electron chi connectivity index (χ2n) is 5.52. The molecular weight excluding hydrogens is 304 g/mol. The standard InChI is InChI=1S/C16H15ClN2O3/c17-13-4-1-10(2-5-13)9-19-15(20)8-12-7-11(16(21)22)3-6-14(12)18-19/h1-2,4-5,8,11H,3,6-7,9H2,(H,21,22)/t11-/m0/s1. The maximum Gasteiger partial charge on any atom is 0.306 e. The van der Waals surface area contributed by atoms with Gasteiger partial charge in [0.25, 0.3) is 5.56 Å². The van der Waals surface area contributed by atoms with Gasteiger partial charge in [0.2, 0.25) is 0 Å². The fourth-order valence-electron chi connectivity index (χ4n) is 2.72. The van der Waals surface area contributed by atoms with Gasteiger partial charge in [0.15, 0.2) is 0 Å². The highest BCUT2D eigenvalue weighted by atomic mass is 35.5. The van der Waals surface area contributed by atoms with Crippen molar-refractivity contribution in [3.63, 3.8) is 0 Å². The van der Waals surface area contributed by atoms with Crippen molar-refractivity contribution in [2.24, 2.45) is 5.92 Å². The van der Waals surface area contributed by atoms with Crippen LogP contribution in [0.5, 0.6) is 0 Å². The summed E-state index contributed by atoms with van der Waals surface area (Å²) in [5.74, 6) is -1.23. The van der Waals surface area contributed by atoms with Gasteiger partial charge in [-0.1, -0.05) is 23.7 Å². The van der Waals surface area contributed by atoms with Gasteiger partial charge in [-0.15, -0.1) is 0 Å². The van der Waals surface area contributed by atoms with E-state index in [0.29, 0.717) is 30.8 Å². The van der Waals surface area contributed by atoms with Crippen LogP contribution in [0.25, 0.3) is 0 Å². The van der Waals surface area contributed by atoms with Crippen molar-refractivity contribution in [3.8, 4) is 0 Å². The molecule has 114 valence electrons. The average Bonchev–Trinajstić information content (AvgIpc) is 2.49. The van der Waals surface area contributed by atoms with Gasteiger partial charge in [-0.25, -0.2) is 4.68 Å². The number of aromatic nitrogens is 2. The number of benzene rings is 1. The number of nitrogens with zero attached hydrogens (tertiary/aromatic N) is 2. The summed E-state index contributed by atoms with van der Waals surface area (Å²) >= 11 is 5.85. The van der Waals surface area contributed by atoms with Gasteiger partial charge in [-0.2, -0.15) is 5.10 Å². The lowest BCUT2D eigenvalue weighted by Gasteiger charge is -2.21. The molecule has 22 heavy (non-hydrogen) atoms. The molecule has 0 saturated heterocycles. The third-order valence-electron chi connectivity index (χ3n) is 3.95. The van der Waals surface area contributed by atoms with Crippen molar-refractivity contribution < 1.29 is 9.90 Å². The molecule has 1 atom stereocenters. The fourth-order valence-corrected chi connectivity index (χ4v) is 2.84. The first-order valence-corrected chi connectivity index (χ1v) is 7.48. The predicted octanol–water partition coefficient (Wildman–Crippen LogP) is 2.13. The highest BCUT2D eigenvalue weighted by molar-refractivity contribution is 6.30. The van der Waals surface area contributed by atoms with Crippen molar-refractivity contribution in [1.82, 2.24) is 9.78 Å². The molecule has 6 heteroatoms. The van der Waals surface area contributed by atoms with E-state index in [0.717, 1.165) is 16.8 Å². The number of halogens is 1. The number of hydrogen-bond acceptors (Lipinski definition) is 3. The molecule has 0 amide bonds. The number of rotatable bonds is 3. The summed E-state index contributed by atoms with van der Waals surface area (Å²) < 4.78 is 1.42. The second-order valence-corrected chi connectivity index (χ2v) is 5.95. The number of aliphatic carboxylic acids is 1. The number of carbonyl (C=O) groups is 1. The molecule has 1 aliphatic carbocycles. The zero-order valence-corrected chi connectivity index (χ0v) is 12.6. The van der Waals surface area contributed by atoms with E-state index in [9.17, 15) is 9.59 Å². The first-order chi connectivity index (χ1) is 10.5. The predicted molar refractivity (Wildman–Crippen MR) is 82.2 cm³/mol. The van der Waals surface area contributed by atoms with Crippen molar-refractivity contribution in [3.05, 3.63) is 62.5 Å². The molecule has 1 aromatic heterocycles. The SMILES string of the molecule is O=C(O)[C@H]1CCc2nn(Cc3ccc(Cl)cc3)c(=O)cc2C1. The largest absolute Gasteiger partial charge is 0.481 e. The summed E-state index contributed by atoms with van der Waals surface area (Å²) in [4.78, 5) is 23.2. The summed E-state index contributed by atoms with van der Waals surface area (Å²) in [6.07, 6.45) is 1.54. The molecule has 0 aliphatic heterocycles. The molecule has 1 aromatic carbocycles. The van der Waals surface area contributed by atoms with E-state index in [4.69, 9.17) is 16.7 Å². The Morgan fingerprint density at radius 2 is 2.09 bits per heavy atom. The van der Waals surface area contributed by atoms with E-state index in [2.05, 4.69) is 5.10 Å². The van der Waals surface area contributed by atoms with Crippen LogP contribution in [0.2, 0.25) is 5.02 Å². The van der Waals surface area contributed by atoms with E-state index in [1.165, 1.54) is 10.7 Å². The minimum Gasteiger partial charge on any atom is -0.481 e. The van der Waals surface area contributed by atoms with Crippen LogP contribution < -0.4 is 5.56 Å². The highest BCUT2D eigenvalue weighted by Crippen LogP contribution is 2.23. The van der Waals surface area contributed by atoms with Crippen LogP contribution in [0.15, 0.2) is 35.1 Å². The van der Waals surface area contributed by atoms with Crippen LogP contribution in [-0.2, 0) is 24.2 Å². The van der Waals surface area contributed by atoms with Crippen LogP contribution in [-0.4, -0.2) is 20.9 Å². The van der Waals surface area contributed by atoms with Crippen molar-refractivity contribution in [1.29, 1.82) is 0 Å². The lowest BCUT2D eigenvalue weighted by atomic mass is 9.87. The molecule has 3 rings (SSSR count). The van der Waals surface area contributed by atoms with Crippen LogP contribution in [0.4, 0.5) is 0 Å². The van der Waals surface area contributed by atoms with E-state index in [-0.39, 0.29) is 5.56 Å². The van der Waals surface area contributed by atoms with Crippen LogP contribution in [0.3, 0.4) is 0 Å². The Bertz CT molecular complexity index is 768. The van der Waals surface area contributed by atoms with Crippen LogP contribution in [0, 0.1) is 5.92 Å². The van der Waals surface area contributed by atoms with E-state index < -0.39 is 11.9 Å². The van der Waals surface area contributed by atoms with Crippen LogP contribution >= 0.6 is 11.6 Å². The Balaban J connectivity index is 1.87. The Kier molecular flexibility index (Phi) is 3.98. The lowest BCUT2D eigenvalue weighted by Crippen LogP contribution is -2.30. The zero-order chi connectivity index (χ0) is 15.7. The summed E-state index contributed by atoms with van der Waals surface area (Å²) in [7, 11) is 0. The molecule has 1 heterocycles. The lowest BCUT2D eigenvalue weighted by molar-refractivity contribution is -0.142. The number of carboxylic acids is 1. The normalized spacial score (nSPS) is 17.0. The quantitative estimate of drug-likeness (QED) is 0.941. The molecule has 0 saturated carbocycles. The van der Waals surface area contributed by atoms with Crippen molar-refractivity contribution in [2.75, 3.05) is 0 Å². The smallest absolute Gasteiger partial charge is 0.306 e. The van der Waals surface area contributed by atoms with Gasteiger partial charge < -0.3 is 5.11 Å². The van der Waals surface area contributed by atoms with E-state index in [1.807, 2.05) is 12.1 Å². The summed E-state index contributed by atoms with van der Waals surface area (Å²) in [6.45, 7) is 0.381. The molecule has 2 aromatic rings. The van der Waals surface area contributed by atoms with Crippen LogP contribution in [0.1, 0.15) is 23.2 Å². The molecule has 0 unspecified atom stereocenters. The third kappa shape index (κ3) is 3.04. The van der Waals surface area contributed by atoms with E-state index >= 15 is 0 Å². The summed E-state index contributed by atoms with van der Waals surface area (Å²) in [5.41, 5.74) is 2.32. The van der Waals surface area contributed by atoms with Crippen molar-refractivity contribution >= 4 is 17.6 Å². The number of carboxylic acid groups (broad SMARTS) is 1. The van der Waals surface area contributed by atoms with Gasteiger partial charge in [-0.3, -0.25) is 9.59 Å². The van der Waals surface area contributed by atoms with Crippen molar-refractivity contribution in [2.45, 2.75) is 25.8 Å². The maximum atomic E-state index is 12.2. The molecule has 5 nitrogen and oxygen atoms in total. The van der Waals surface area contributed by atoms with E-state index in [1.54, 1.807) is 12.1 Å². The third-order valence-corrected chi connectivity index (χ3v) is 4.21. The molecule has 1 N–H and O–H groups in total. The van der Waals surface area contributed by atoms with Gasteiger partial charge >= 0.3 is 5.97 Å². The van der Waals surface area contributed by atoms with Gasteiger partial charge in [0.1, 0.15) is 0 Å². The highest BCUT2D eigenvalue weighted by Gasteiger charge is 2.25. The molecule has 1 aliphatic rings. The minimum absolute atomic E-state index is 0.209. The Labute approximate surface area is 132 Å². The first kappa shape index (κ1) is 14.8. The summed E-state index contributed by atoms with van der Waals surface area (Å²) in [5, 5.41) is 14.1. The second kappa shape index (κ2) is 5.93. The number of hydrogen-bond donors (Lipinski definition) is 1. The molecule has 0 spiro atoms. The monoisotopic (exact) mass is 318 g/mol. The topological polar surface area (TPSA) is 72.2 Å². The van der Waals surface area contributed by atoms with Gasteiger partial charge in [0, 0.05) is 11.1 Å². The summed E-state index contributed by atoms with van der Waals surface area (Å²) in [6, 6.07) is 8.79. The Morgan fingerprint density at radius 1 is 1.36 bits per heavy atom. The molecule has 0 bridgehead atoms. The molecular formula is C16H15ClN2O3. The number of fused-ring (bicyclic) bond motifs is 1. The van der Waals surface area contributed by atoms with Gasteiger partial charge in [0.05, 0.1) is 18.2 Å². The minimum atomic E-state index is -0.809. The first-order valence-electron chi connectivity index (χ1n) is 7.10. The maximum absolute atomic E-state index is 12.2.